The fourth-order valence-electron chi connectivity index (χ4n) is 2.01. The van der Waals surface area contributed by atoms with Crippen LogP contribution in [-0.4, -0.2) is 10.9 Å². The standard InChI is InChI=1S/C13H9ClN2O/c14-10-3-4-12-9(6-10)8-16(13(12)17)11-2-1-5-15-7-11/h1-7H,8H2. The Bertz CT molecular complexity index is 583. The molecule has 0 N–H and O–H groups in total. The number of carbonyl (C=O) groups is 1. The summed E-state index contributed by atoms with van der Waals surface area (Å²) >= 11 is 5.92. The van der Waals surface area contributed by atoms with Crippen LogP contribution in [0.4, 0.5) is 5.69 Å². The molecule has 0 radical (unpaired) electrons. The van der Waals surface area contributed by atoms with Crippen molar-refractivity contribution in [2.45, 2.75) is 6.54 Å². The molecular weight excluding hydrogens is 236 g/mol. The van der Waals surface area contributed by atoms with Gasteiger partial charge < -0.3 is 4.90 Å². The summed E-state index contributed by atoms with van der Waals surface area (Å²) in [5.41, 5.74) is 2.49. The molecule has 0 spiro atoms. The quantitative estimate of drug-likeness (QED) is 0.773. The number of amides is 1. The normalized spacial score (nSPS) is 13.9. The molecule has 0 atom stereocenters. The van der Waals surface area contributed by atoms with Gasteiger partial charge in [0.25, 0.3) is 5.91 Å². The maximum absolute atomic E-state index is 12.2. The van der Waals surface area contributed by atoms with Gasteiger partial charge in [0.05, 0.1) is 18.4 Å². The molecule has 2 heterocycles. The molecule has 0 fully saturated rings. The van der Waals surface area contributed by atoms with Crippen LogP contribution < -0.4 is 4.90 Å². The van der Waals surface area contributed by atoms with Crippen molar-refractivity contribution in [2.24, 2.45) is 0 Å². The van der Waals surface area contributed by atoms with E-state index in [-0.39, 0.29) is 5.91 Å². The zero-order chi connectivity index (χ0) is 11.8. The molecule has 17 heavy (non-hydrogen) atoms. The van der Waals surface area contributed by atoms with E-state index in [1.807, 2.05) is 18.2 Å². The van der Waals surface area contributed by atoms with Gasteiger partial charge in [-0.15, -0.1) is 0 Å². The van der Waals surface area contributed by atoms with Crippen LogP contribution in [0, 0.1) is 0 Å². The van der Waals surface area contributed by atoms with Gasteiger partial charge in [0.1, 0.15) is 0 Å². The number of hydrogen-bond acceptors (Lipinski definition) is 2. The molecule has 0 unspecified atom stereocenters. The number of rotatable bonds is 1. The SMILES string of the molecule is O=C1c2ccc(Cl)cc2CN1c1cccnc1. The lowest BCUT2D eigenvalue weighted by atomic mass is 10.1. The van der Waals surface area contributed by atoms with Gasteiger partial charge in [0, 0.05) is 16.8 Å². The molecule has 2 aromatic rings. The van der Waals surface area contributed by atoms with Crippen molar-refractivity contribution >= 4 is 23.2 Å². The predicted octanol–water partition coefficient (Wildman–Crippen LogP) is 2.90. The lowest BCUT2D eigenvalue weighted by Crippen LogP contribution is -2.22. The third kappa shape index (κ3) is 1.68. The average molecular weight is 245 g/mol. The van der Waals surface area contributed by atoms with Crippen LogP contribution in [0.15, 0.2) is 42.7 Å². The van der Waals surface area contributed by atoms with E-state index in [0.717, 1.165) is 16.8 Å². The molecule has 1 amide bonds. The van der Waals surface area contributed by atoms with Gasteiger partial charge in [-0.3, -0.25) is 9.78 Å². The van der Waals surface area contributed by atoms with Gasteiger partial charge in [-0.1, -0.05) is 11.6 Å². The van der Waals surface area contributed by atoms with E-state index in [2.05, 4.69) is 4.98 Å². The largest absolute Gasteiger partial charge is 0.302 e. The van der Waals surface area contributed by atoms with Crippen molar-refractivity contribution in [3.8, 4) is 0 Å². The molecule has 0 aliphatic carbocycles. The Morgan fingerprint density at radius 3 is 2.94 bits per heavy atom. The molecule has 4 heteroatoms. The van der Waals surface area contributed by atoms with Crippen LogP contribution in [-0.2, 0) is 6.54 Å². The molecule has 0 saturated carbocycles. The number of benzene rings is 1. The fourth-order valence-corrected chi connectivity index (χ4v) is 2.21. The Labute approximate surface area is 104 Å². The molecule has 3 nitrogen and oxygen atoms in total. The number of fused-ring (bicyclic) bond motifs is 1. The van der Waals surface area contributed by atoms with Crippen molar-refractivity contribution in [3.63, 3.8) is 0 Å². The molecular formula is C13H9ClN2O. The topological polar surface area (TPSA) is 33.2 Å². The summed E-state index contributed by atoms with van der Waals surface area (Å²) < 4.78 is 0. The Morgan fingerprint density at radius 2 is 2.18 bits per heavy atom. The minimum Gasteiger partial charge on any atom is -0.302 e. The van der Waals surface area contributed by atoms with Crippen LogP contribution in [0.25, 0.3) is 0 Å². The van der Waals surface area contributed by atoms with Gasteiger partial charge in [0.15, 0.2) is 0 Å². The van der Waals surface area contributed by atoms with E-state index in [1.165, 1.54) is 0 Å². The van der Waals surface area contributed by atoms with Gasteiger partial charge in [-0.2, -0.15) is 0 Å². The first-order chi connectivity index (χ1) is 8.25. The van der Waals surface area contributed by atoms with Crippen LogP contribution in [0.3, 0.4) is 0 Å². The minimum atomic E-state index is 0.00432. The summed E-state index contributed by atoms with van der Waals surface area (Å²) in [6.45, 7) is 0.556. The highest BCUT2D eigenvalue weighted by atomic mass is 35.5. The zero-order valence-electron chi connectivity index (χ0n) is 8.93. The molecule has 3 rings (SSSR count). The van der Waals surface area contributed by atoms with Crippen molar-refractivity contribution in [1.82, 2.24) is 4.98 Å². The van der Waals surface area contributed by atoms with Crippen molar-refractivity contribution < 1.29 is 4.79 Å². The monoisotopic (exact) mass is 244 g/mol. The van der Waals surface area contributed by atoms with Gasteiger partial charge in [-0.05, 0) is 35.9 Å². The van der Waals surface area contributed by atoms with Gasteiger partial charge >= 0.3 is 0 Å². The van der Waals surface area contributed by atoms with Crippen molar-refractivity contribution in [1.29, 1.82) is 0 Å². The fraction of sp³-hybridized carbons (Fsp3) is 0.0769. The third-order valence-corrected chi connectivity index (χ3v) is 3.06. The first kappa shape index (κ1) is 10.3. The summed E-state index contributed by atoms with van der Waals surface area (Å²) in [5.74, 6) is 0.00432. The molecule has 1 aromatic carbocycles. The van der Waals surface area contributed by atoms with Gasteiger partial charge in [-0.25, -0.2) is 0 Å². The summed E-state index contributed by atoms with van der Waals surface area (Å²) in [6.07, 6.45) is 3.37. The highest BCUT2D eigenvalue weighted by molar-refractivity contribution is 6.31. The van der Waals surface area contributed by atoms with Crippen LogP contribution in [0.2, 0.25) is 5.02 Å². The smallest absolute Gasteiger partial charge is 0.258 e. The summed E-state index contributed by atoms with van der Waals surface area (Å²) in [5, 5.41) is 0.657. The van der Waals surface area contributed by atoms with Crippen LogP contribution >= 0.6 is 11.6 Å². The first-order valence-electron chi connectivity index (χ1n) is 5.26. The second-order valence-electron chi connectivity index (χ2n) is 3.90. The molecule has 0 bridgehead atoms. The summed E-state index contributed by atoms with van der Waals surface area (Å²) in [6, 6.07) is 9.05. The lowest BCUT2D eigenvalue weighted by Gasteiger charge is -2.14. The molecule has 0 saturated heterocycles. The number of carbonyl (C=O) groups excluding carboxylic acids is 1. The van der Waals surface area contributed by atoms with Gasteiger partial charge in [0.2, 0.25) is 0 Å². The van der Waals surface area contributed by atoms with E-state index in [1.54, 1.807) is 29.4 Å². The maximum atomic E-state index is 12.2. The first-order valence-corrected chi connectivity index (χ1v) is 5.64. The maximum Gasteiger partial charge on any atom is 0.258 e. The van der Waals surface area contributed by atoms with E-state index in [9.17, 15) is 4.79 Å². The van der Waals surface area contributed by atoms with E-state index in [0.29, 0.717) is 11.6 Å². The second-order valence-corrected chi connectivity index (χ2v) is 4.34. The number of aromatic nitrogens is 1. The number of pyridine rings is 1. The molecule has 84 valence electrons. The molecule has 1 aliphatic rings. The lowest BCUT2D eigenvalue weighted by molar-refractivity contribution is 0.0996. The Kier molecular flexibility index (Phi) is 2.34. The Morgan fingerprint density at radius 1 is 1.29 bits per heavy atom. The zero-order valence-corrected chi connectivity index (χ0v) is 9.69. The van der Waals surface area contributed by atoms with E-state index in [4.69, 9.17) is 11.6 Å². The second kappa shape index (κ2) is 3.86. The average Bonchev–Trinajstić information content (AvgIpc) is 2.67. The third-order valence-electron chi connectivity index (χ3n) is 2.83. The highest BCUT2D eigenvalue weighted by Crippen LogP contribution is 2.29. The predicted molar refractivity (Wildman–Crippen MR) is 66.2 cm³/mol. The summed E-state index contributed by atoms with van der Waals surface area (Å²) in [7, 11) is 0. The van der Waals surface area contributed by atoms with Crippen LogP contribution in [0.5, 0.6) is 0 Å². The Balaban J connectivity index is 2.02. The number of nitrogens with zero attached hydrogens (tertiary/aromatic N) is 2. The van der Waals surface area contributed by atoms with Crippen molar-refractivity contribution in [2.75, 3.05) is 4.90 Å². The minimum absolute atomic E-state index is 0.00432. The number of hydrogen-bond donors (Lipinski definition) is 0. The number of anilines is 1. The van der Waals surface area contributed by atoms with Crippen LogP contribution in [0.1, 0.15) is 15.9 Å². The highest BCUT2D eigenvalue weighted by Gasteiger charge is 2.28. The van der Waals surface area contributed by atoms with E-state index >= 15 is 0 Å². The number of halogens is 1. The van der Waals surface area contributed by atoms with E-state index < -0.39 is 0 Å². The molecule has 1 aromatic heterocycles. The van der Waals surface area contributed by atoms with Crippen molar-refractivity contribution in [3.05, 3.63) is 58.9 Å². The summed E-state index contributed by atoms with van der Waals surface area (Å²) in [4.78, 5) is 17.9. The Hall–Kier alpha value is -1.87. The molecule has 1 aliphatic heterocycles.